The van der Waals surface area contributed by atoms with Crippen LogP contribution in [0.1, 0.15) is 18.9 Å². The number of aliphatic hydroxyl groups is 3. The molecule has 25 heavy (non-hydrogen) atoms. The summed E-state index contributed by atoms with van der Waals surface area (Å²) in [6.45, 7) is 1.19. The van der Waals surface area contributed by atoms with E-state index in [1.54, 1.807) is 31.2 Å². The van der Waals surface area contributed by atoms with E-state index in [-0.39, 0.29) is 37.7 Å². The van der Waals surface area contributed by atoms with Gasteiger partial charge in [-0.15, -0.1) is 0 Å². The van der Waals surface area contributed by atoms with Gasteiger partial charge in [-0.1, -0.05) is 31.2 Å². The number of ether oxygens (including phenoxy) is 1. The summed E-state index contributed by atoms with van der Waals surface area (Å²) in [5.41, 5.74) is 0.666. The molecule has 6 heteroatoms. The molecule has 6 nitrogen and oxygen atoms in total. The maximum atomic E-state index is 10.4. The van der Waals surface area contributed by atoms with Crippen molar-refractivity contribution in [3.05, 3.63) is 53.6 Å². The van der Waals surface area contributed by atoms with Crippen molar-refractivity contribution in [3.63, 3.8) is 0 Å². The fourth-order valence-corrected chi connectivity index (χ4v) is 2.20. The van der Waals surface area contributed by atoms with E-state index in [9.17, 15) is 25.5 Å². The number of rotatable bonds is 7. The molecule has 0 aliphatic heterocycles. The summed E-state index contributed by atoms with van der Waals surface area (Å²) in [7, 11) is 0. The molecule has 0 heterocycles. The second kappa shape index (κ2) is 7.84. The van der Waals surface area contributed by atoms with E-state index in [1.165, 1.54) is 24.3 Å². The largest absolute Gasteiger partial charge is 0.508 e. The molecule has 0 saturated carbocycles. The molecular weight excluding hydrogens is 324 g/mol. The van der Waals surface area contributed by atoms with Gasteiger partial charge in [0.1, 0.15) is 11.5 Å². The van der Waals surface area contributed by atoms with E-state index < -0.39 is 11.2 Å². The Hall–Kier alpha value is -2.12. The van der Waals surface area contributed by atoms with Gasteiger partial charge in [0.15, 0.2) is 5.79 Å². The van der Waals surface area contributed by atoms with E-state index in [4.69, 9.17) is 4.74 Å². The average molecular weight is 348 g/mol. The molecule has 136 valence electrons. The Labute approximate surface area is 146 Å². The van der Waals surface area contributed by atoms with Crippen LogP contribution in [-0.2, 0) is 4.74 Å². The summed E-state index contributed by atoms with van der Waals surface area (Å²) in [6, 6.07) is 4.29. The summed E-state index contributed by atoms with van der Waals surface area (Å²) >= 11 is 0. The Morgan fingerprint density at radius 3 is 2.28 bits per heavy atom. The average Bonchev–Trinajstić information content (AvgIpc) is 2.59. The molecule has 1 aromatic carbocycles. The number of allylic oxidation sites excluding steroid dienone is 3. The molecule has 1 atom stereocenters. The third-order valence-corrected chi connectivity index (χ3v) is 3.99. The zero-order valence-electron chi connectivity index (χ0n) is 14.1. The van der Waals surface area contributed by atoms with Crippen molar-refractivity contribution >= 4 is 6.08 Å². The van der Waals surface area contributed by atoms with Gasteiger partial charge in [-0.05, 0) is 29.3 Å². The van der Waals surface area contributed by atoms with Gasteiger partial charge in [0, 0.05) is 17.9 Å². The second-order valence-electron chi connectivity index (χ2n) is 6.62. The van der Waals surface area contributed by atoms with Crippen LogP contribution < -0.4 is 0 Å². The normalized spacial score (nSPS) is 20.9. The predicted octanol–water partition coefficient (Wildman–Crippen LogP) is 1.69. The van der Waals surface area contributed by atoms with Crippen LogP contribution in [0.3, 0.4) is 0 Å². The zero-order valence-corrected chi connectivity index (χ0v) is 14.1. The standard InChI is InChI=1S/C19H24O6/c1-18(11-20,12-21)13-25-19(24)6-4-14(5-7-19)2-3-15-8-16(22)10-17(23)9-15/h2-6,8-10,20-24H,7,11-13H2,1H3. The van der Waals surface area contributed by atoms with Gasteiger partial charge in [0.2, 0.25) is 0 Å². The van der Waals surface area contributed by atoms with Crippen LogP contribution in [0, 0.1) is 5.41 Å². The molecule has 0 spiro atoms. The highest BCUT2D eigenvalue weighted by molar-refractivity contribution is 5.58. The summed E-state index contributed by atoms with van der Waals surface area (Å²) in [6.07, 6.45) is 8.74. The fourth-order valence-electron chi connectivity index (χ4n) is 2.20. The number of phenolic OH excluding ortho intramolecular Hbond substituents is 2. The van der Waals surface area contributed by atoms with E-state index in [1.807, 2.05) is 0 Å². The van der Waals surface area contributed by atoms with Gasteiger partial charge in [0.05, 0.1) is 19.8 Å². The second-order valence-corrected chi connectivity index (χ2v) is 6.62. The van der Waals surface area contributed by atoms with Crippen molar-refractivity contribution in [3.8, 4) is 11.5 Å². The zero-order chi connectivity index (χ0) is 18.5. The molecule has 1 unspecified atom stereocenters. The number of aliphatic hydroxyl groups excluding tert-OH is 2. The summed E-state index contributed by atoms with van der Waals surface area (Å²) in [5, 5.41) is 47.8. The van der Waals surface area contributed by atoms with Gasteiger partial charge < -0.3 is 30.3 Å². The Kier molecular flexibility index (Phi) is 6.02. The number of aromatic hydroxyl groups is 2. The molecule has 0 saturated heterocycles. The molecule has 5 N–H and O–H groups in total. The maximum absolute atomic E-state index is 10.4. The highest BCUT2D eigenvalue weighted by atomic mass is 16.6. The maximum Gasteiger partial charge on any atom is 0.189 e. The molecule has 0 radical (unpaired) electrons. The third kappa shape index (κ3) is 5.44. The molecule has 2 rings (SSSR count). The number of hydrogen-bond donors (Lipinski definition) is 5. The van der Waals surface area contributed by atoms with Crippen molar-refractivity contribution < 1.29 is 30.3 Å². The fraction of sp³-hybridized carbons (Fsp3) is 0.368. The van der Waals surface area contributed by atoms with Gasteiger partial charge >= 0.3 is 0 Å². The van der Waals surface area contributed by atoms with Gasteiger partial charge in [-0.25, -0.2) is 0 Å². The van der Waals surface area contributed by atoms with Gasteiger partial charge in [0.25, 0.3) is 0 Å². The first-order valence-electron chi connectivity index (χ1n) is 7.96. The molecule has 0 fully saturated rings. The van der Waals surface area contributed by atoms with Crippen LogP contribution in [-0.4, -0.2) is 51.1 Å². The minimum absolute atomic E-state index is 0.0163. The monoisotopic (exact) mass is 348 g/mol. The lowest BCUT2D eigenvalue weighted by Crippen LogP contribution is -2.39. The number of benzene rings is 1. The number of phenols is 2. The number of hydrogen-bond acceptors (Lipinski definition) is 6. The first-order valence-corrected chi connectivity index (χ1v) is 7.96. The van der Waals surface area contributed by atoms with Crippen molar-refractivity contribution in [2.45, 2.75) is 19.1 Å². The topological polar surface area (TPSA) is 110 Å². The minimum atomic E-state index is -1.48. The molecule has 0 bridgehead atoms. The van der Waals surface area contributed by atoms with Crippen molar-refractivity contribution in [1.82, 2.24) is 0 Å². The van der Waals surface area contributed by atoms with Crippen molar-refractivity contribution in [2.24, 2.45) is 5.41 Å². The molecule has 0 aromatic heterocycles. The van der Waals surface area contributed by atoms with Crippen molar-refractivity contribution in [1.29, 1.82) is 0 Å². The van der Waals surface area contributed by atoms with Crippen LogP contribution in [0.2, 0.25) is 0 Å². The Balaban J connectivity index is 1.98. The SMILES string of the molecule is CC(CO)(CO)COC1(O)C=CC(C=Cc2cc(O)cc(O)c2)=CC1. The first-order chi connectivity index (χ1) is 11.8. The Morgan fingerprint density at radius 1 is 1.12 bits per heavy atom. The minimum Gasteiger partial charge on any atom is -0.508 e. The van der Waals surface area contributed by atoms with Crippen LogP contribution in [0.4, 0.5) is 0 Å². The van der Waals surface area contributed by atoms with E-state index in [0.29, 0.717) is 5.56 Å². The molecular formula is C19H24O6. The van der Waals surface area contributed by atoms with Crippen LogP contribution in [0.5, 0.6) is 11.5 Å². The lowest BCUT2D eigenvalue weighted by Gasteiger charge is -2.32. The predicted molar refractivity (Wildman–Crippen MR) is 93.8 cm³/mol. The summed E-state index contributed by atoms with van der Waals surface area (Å²) in [5.74, 6) is -1.52. The quantitative estimate of drug-likeness (QED) is 0.480. The molecule has 1 aromatic rings. The van der Waals surface area contributed by atoms with Gasteiger partial charge in [-0.2, -0.15) is 0 Å². The third-order valence-electron chi connectivity index (χ3n) is 3.99. The van der Waals surface area contributed by atoms with Crippen LogP contribution in [0.15, 0.2) is 48.1 Å². The first kappa shape index (κ1) is 19.2. The van der Waals surface area contributed by atoms with E-state index in [2.05, 4.69) is 0 Å². The Bertz CT molecular complexity index is 667. The van der Waals surface area contributed by atoms with Crippen molar-refractivity contribution in [2.75, 3.05) is 19.8 Å². The Morgan fingerprint density at radius 2 is 1.76 bits per heavy atom. The molecule has 1 aliphatic carbocycles. The van der Waals surface area contributed by atoms with Gasteiger partial charge in [-0.3, -0.25) is 0 Å². The van der Waals surface area contributed by atoms with Crippen LogP contribution >= 0.6 is 0 Å². The molecule has 0 amide bonds. The lowest BCUT2D eigenvalue weighted by atomic mass is 9.94. The summed E-state index contributed by atoms with van der Waals surface area (Å²) < 4.78 is 5.47. The highest BCUT2D eigenvalue weighted by Gasteiger charge is 2.31. The van der Waals surface area contributed by atoms with E-state index >= 15 is 0 Å². The molecule has 1 aliphatic rings. The highest BCUT2D eigenvalue weighted by Crippen LogP contribution is 2.27. The van der Waals surface area contributed by atoms with E-state index in [0.717, 1.165) is 5.57 Å². The van der Waals surface area contributed by atoms with Crippen LogP contribution in [0.25, 0.3) is 6.08 Å². The smallest absolute Gasteiger partial charge is 0.189 e. The summed E-state index contributed by atoms with van der Waals surface area (Å²) in [4.78, 5) is 0. The lowest BCUT2D eigenvalue weighted by molar-refractivity contribution is -0.190.